The first-order valence-electron chi connectivity index (χ1n) is 3.77. The molecule has 0 aliphatic heterocycles. The first kappa shape index (κ1) is 11.5. The number of hydrogen-bond donors (Lipinski definition) is 1. The molecule has 1 aromatic rings. The predicted octanol–water partition coefficient (Wildman–Crippen LogP) is 2.26. The quantitative estimate of drug-likeness (QED) is 0.647. The van der Waals surface area contributed by atoms with Crippen LogP contribution in [0.3, 0.4) is 0 Å². The molecular weight excluding hydrogens is 227 g/mol. The third-order valence-electron chi connectivity index (χ3n) is 1.69. The SMILES string of the molecule is COC(OC)c1cc(Cl)nc(Cl)c1N. The maximum absolute atomic E-state index is 5.75. The van der Waals surface area contributed by atoms with Gasteiger partial charge in [0.25, 0.3) is 0 Å². The van der Waals surface area contributed by atoms with Crippen molar-refractivity contribution in [2.24, 2.45) is 0 Å². The van der Waals surface area contributed by atoms with E-state index >= 15 is 0 Å². The summed E-state index contributed by atoms with van der Waals surface area (Å²) in [4.78, 5) is 3.78. The lowest BCUT2D eigenvalue weighted by Gasteiger charge is -2.16. The number of ether oxygens (including phenoxy) is 2. The number of hydrogen-bond acceptors (Lipinski definition) is 4. The fraction of sp³-hybridized carbons (Fsp3) is 0.375. The molecule has 2 N–H and O–H groups in total. The normalized spacial score (nSPS) is 10.9. The Morgan fingerprint density at radius 2 is 1.93 bits per heavy atom. The third-order valence-corrected chi connectivity index (χ3v) is 2.18. The molecule has 0 saturated heterocycles. The Kier molecular flexibility index (Phi) is 3.95. The van der Waals surface area contributed by atoms with E-state index in [1.54, 1.807) is 6.07 Å². The highest BCUT2D eigenvalue weighted by Gasteiger charge is 2.16. The molecule has 4 nitrogen and oxygen atoms in total. The van der Waals surface area contributed by atoms with E-state index in [1.165, 1.54) is 14.2 Å². The molecule has 6 heteroatoms. The fourth-order valence-electron chi connectivity index (χ4n) is 1.06. The average molecular weight is 237 g/mol. The second-order valence-corrected chi connectivity index (χ2v) is 3.29. The number of nitrogens with zero attached hydrogens (tertiary/aromatic N) is 1. The molecule has 0 aromatic carbocycles. The maximum Gasteiger partial charge on any atom is 0.185 e. The summed E-state index contributed by atoms with van der Waals surface area (Å²) in [7, 11) is 2.99. The molecule has 1 aromatic heterocycles. The van der Waals surface area contributed by atoms with Gasteiger partial charge in [0.15, 0.2) is 11.4 Å². The van der Waals surface area contributed by atoms with Gasteiger partial charge < -0.3 is 15.2 Å². The largest absolute Gasteiger partial charge is 0.396 e. The van der Waals surface area contributed by atoms with Gasteiger partial charge in [-0.3, -0.25) is 0 Å². The number of nitrogens with two attached hydrogens (primary N) is 1. The highest BCUT2D eigenvalue weighted by atomic mass is 35.5. The van der Waals surface area contributed by atoms with Gasteiger partial charge in [0.05, 0.1) is 5.69 Å². The van der Waals surface area contributed by atoms with Gasteiger partial charge in [0.1, 0.15) is 5.15 Å². The van der Waals surface area contributed by atoms with Crippen LogP contribution in [0.4, 0.5) is 5.69 Å². The molecule has 0 aliphatic rings. The zero-order valence-electron chi connectivity index (χ0n) is 7.75. The van der Waals surface area contributed by atoms with Crippen molar-refractivity contribution in [3.63, 3.8) is 0 Å². The van der Waals surface area contributed by atoms with Crippen LogP contribution < -0.4 is 5.73 Å². The molecule has 0 radical (unpaired) electrons. The molecule has 0 aliphatic carbocycles. The Bertz CT molecular complexity index is 329. The van der Waals surface area contributed by atoms with E-state index < -0.39 is 6.29 Å². The van der Waals surface area contributed by atoms with Crippen LogP contribution in [0.25, 0.3) is 0 Å². The van der Waals surface area contributed by atoms with E-state index in [2.05, 4.69) is 4.98 Å². The number of methoxy groups -OCH3 is 2. The molecule has 1 rings (SSSR count). The van der Waals surface area contributed by atoms with E-state index in [0.29, 0.717) is 11.3 Å². The van der Waals surface area contributed by atoms with Crippen molar-refractivity contribution in [1.29, 1.82) is 0 Å². The van der Waals surface area contributed by atoms with Gasteiger partial charge in [-0.05, 0) is 6.07 Å². The number of halogens is 2. The van der Waals surface area contributed by atoms with Gasteiger partial charge in [0, 0.05) is 19.8 Å². The molecule has 0 saturated carbocycles. The van der Waals surface area contributed by atoms with Crippen molar-refractivity contribution in [3.05, 3.63) is 21.9 Å². The summed E-state index contributed by atoms with van der Waals surface area (Å²) in [5.41, 5.74) is 6.57. The molecule has 0 bridgehead atoms. The van der Waals surface area contributed by atoms with Crippen molar-refractivity contribution >= 4 is 28.9 Å². The van der Waals surface area contributed by atoms with E-state index in [4.69, 9.17) is 38.4 Å². The van der Waals surface area contributed by atoms with Crippen LogP contribution in [0.1, 0.15) is 11.9 Å². The van der Waals surface area contributed by atoms with Gasteiger partial charge in [-0.15, -0.1) is 0 Å². The number of nitrogen functional groups attached to an aromatic ring is 1. The lowest BCUT2D eigenvalue weighted by molar-refractivity contribution is -0.105. The van der Waals surface area contributed by atoms with Crippen molar-refractivity contribution < 1.29 is 9.47 Å². The Hall–Kier alpha value is -0.550. The zero-order chi connectivity index (χ0) is 10.7. The average Bonchev–Trinajstić information content (AvgIpc) is 2.15. The Balaban J connectivity index is 3.18. The van der Waals surface area contributed by atoms with Gasteiger partial charge in [-0.25, -0.2) is 4.98 Å². The summed E-state index contributed by atoms with van der Waals surface area (Å²) in [6, 6.07) is 1.56. The maximum atomic E-state index is 5.75. The van der Waals surface area contributed by atoms with Crippen molar-refractivity contribution in [2.45, 2.75) is 6.29 Å². The lowest BCUT2D eigenvalue weighted by atomic mass is 10.2. The molecule has 0 atom stereocenters. The molecule has 0 fully saturated rings. The van der Waals surface area contributed by atoms with Crippen LogP contribution in [0.15, 0.2) is 6.07 Å². The highest BCUT2D eigenvalue weighted by Crippen LogP contribution is 2.30. The topological polar surface area (TPSA) is 57.4 Å². The summed E-state index contributed by atoms with van der Waals surface area (Å²) in [5.74, 6) is 0. The monoisotopic (exact) mass is 236 g/mol. The van der Waals surface area contributed by atoms with Crippen LogP contribution in [-0.4, -0.2) is 19.2 Å². The lowest BCUT2D eigenvalue weighted by Crippen LogP contribution is -2.08. The van der Waals surface area contributed by atoms with E-state index in [1.807, 2.05) is 0 Å². The fourth-order valence-corrected chi connectivity index (χ4v) is 1.50. The Morgan fingerprint density at radius 3 is 2.43 bits per heavy atom. The van der Waals surface area contributed by atoms with Crippen LogP contribution in [-0.2, 0) is 9.47 Å². The van der Waals surface area contributed by atoms with Crippen LogP contribution in [0.2, 0.25) is 10.3 Å². The summed E-state index contributed by atoms with van der Waals surface area (Å²) < 4.78 is 10.1. The molecule has 0 spiro atoms. The summed E-state index contributed by atoms with van der Waals surface area (Å²) in [6.45, 7) is 0. The molecule has 14 heavy (non-hydrogen) atoms. The smallest absolute Gasteiger partial charge is 0.185 e. The summed E-state index contributed by atoms with van der Waals surface area (Å²) in [5, 5.41) is 0.393. The minimum absolute atomic E-state index is 0.145. The van der Waals surface area contributed by atoms with E-state index in [9.17, 15) is 0 Å². The summed E-state index contributed by atoms with van der Waals surface area (Å²) in [6.07, 6.45) is -0.590. The molecule has 78 valence electrons. The van der Waals surface area contributed by atoms with Gasteiger partial charge >= 0.3 is 0 Å². The Labute approximate surface area is 91.9 Å². The first-order chi connectivity index (χ1) is 6.60. The summed E-state index contributed by atoms with van der Waals surface area (Å²) >= 11 is 11.5. The molecule has 1 heterocycles. The number of pyridine rings is 1. The minimum atomic E-state index is -0.590. The minimum Gasteiger partial charge on any atom is -0.396 e. The number of rotatable bonds is 3. The number of aromatic nitrogens is 1. The van der Waals surface area contributed by atoms with E-state index in [-0.39, 0.29) is 10.3 Å². The third kappa shape index (κ3) is 2.27. The van der Waals surface area contributed by atoms with Gasteiger partial charge in [0.2, 0.25) is 0 Å². The van der Waals surface area contributed by atoms with Crippen molar-refractivity contribution in [1.82, 2.24) is 4.98 Å². The van der Waals surface area contributed by atoms with Crippen molar-refractivity contribution in [3.8, 4) is 0 Å². The molecular formula is C8H10Cl2N2O2. The second kappa shape index (κ2) is 4.79. The zero-order valence-corrected chi connectivity index (χ0v) is 9.26. The number of anilines is 1. The van der Waals surface area contributed by atoms with Gasteiger partial charge in [-0.2, -0.15) is 0 Å². The van der Waals surface area contributed by atoms with Crippen LogP contribution in [0.5, 0.6) is 0 Å². The standard InChI is InChI=1S/C8H10Cl2N2O2/c1-13-8(14-2)4-3-5(9)12-7(10)6(4)11/h3,8H,11H2,1-2H3. The second-order valence-electron chi connectivity index (χ2n) is 2.54. The Morgan fingerprint density at radius 1 is 1.36 bits per heavy atom. The first-order valence-corrected chi connectivity index (χ1v) is 4.52. The van der Waals surface area contributed by atoms with E-state index in [0.717, 1.165) is 0 Å². The van der Waals surface area contributed by atoms with Crippen LogP contribution in [0, 0.1) is 0 Å². The molecule has 0 unspecified atom stereocenters. The molecule has 0 amide bonds. The predicted molar refractivity (Wildman–Crippen MR) is 55.4 cm³/mol. The highest BCUT2D eigenvalue weighted by molar-refractivity contribution is 6.34. The van der Waals surface area contributed by atoms with Crippen molar-refractivity contribution in [2.75, 3.05) is 20.0 Å². The van der Waals surface area contributed by atoms with Gasteiger partial charge in [-0.1, -0.05) is 23.2 Å². The van der Waals surface area contributed by atoms with Crippen LogP contribution >= 0.6 is 23.2 Å².